The van der Waals surface area contributed by atoms with E-state index in [4.69, 9.17) is 5.11 Å². The van der Waals surface area contributed by atoms with Crippen molar-refractivity contribution >= 4 is 11.9 Å². The van der Waals surface area contributed by atoms with Crippen LogP contribution < -0.4 is 5.32 Å². The number of hydrogen-bond acceptors (Lipinski definition) is 2. The van der Waals surface area contributed by atoms with Gasteiger partial charge < -0.3 is 10.4 Å². The summed E-state index contributed by atoms with van der Waals surface area (Å²) < 4.78 is 24.5. The van der Waals surface area contributed by atoms with Gasteiger partial charge in [-0.3, -0.25) is 4.79 Å². The third kappa shape index (κ3) is 5.98. The van der Waals surface area contributed by atoms with Gasteiger partial charge in [-0.1, -0.05) is 32.1 Å². The van der Waals surface area contributed by atoms with Gasteiger partial charge in [-0.2, -0.15) is 0 Å². The number of nitrogens with one attached hydrogen (secondary N) is 1. The summed E-state index contributed by atoms with van der Waals surface area (Å²) in [7, 11) is 0. The molecule has 19 heavy (non-hydrogen) atoms. The van der Waals surface area contributed by atoms with Crippen molar-refractivity contribution in [3.63, 3.8) is 0 Å². The summed E-state index contributed by atoms with van der Waals surface area (Å²) in [5.74, 6) is -2.03. The molecule has 1 amide bonds. The summed E-state index contributed by atoms with van der Waals surface area (Å²) in [5.41, 5.74) is 0. The van der Waals surface area contributed by atoms with E-state index in [9.17, 15) is 18.4 Å². The Morgan fingerprint density at radius 1 is 1.11 bits per heavy atom. The lowest BCUT2D eigenvalue weighted by atomic mass is 9.90. The Balaban J connectivity index is 2.51. The Morgan fingerprint density at radius 2 is 1.63 bits per heavy atom. The van der Waals surface area contributed by atoms with Crippen LogP contribution in [0.3, 0.4) is 0 Å². The van der Waals surface area contributed by atoms with Crippen LogP contribution in [0.4, 0.5) is 8.78 Å². The molecule has 0 aromatic rings. The van der Waals surface area contributed by atoms with E-state index in [-0.39, 0.29) is 5.92 Å². The fraction of sp³-hybridized carbons (Fsp3) is 0.846. The second-order valence-corrected chi connectivity index (χ2v) is 5.07. The van der Waals surface area contributed by atoms with E-state index in [1.165, 1.54) is 0 Å². The first-order chi connectivity index (χ1) is 9.00. The highest BCUT2D eigenvalue weighted by atomic mass is 19.3. The van der Waals surface area contributed by atoms with Crippen LogP contribution in [0.2, 0.25) is 0 Å². The summed E-state index contributed by atoms with van der Waals surface area (Å²) in [5, 5.41) is 11.1. The quantitative estimate of drug-likeness (QED) is 0.811. The molecule has 0 aliphatic heterocycles. The summed E-state index contributed by atoms with van der Waals surface area (Å²) in [4.78, 5) is 22.8. The summed E-state index contributed by atoms with van der Waals surface area (Å²) in [6, 6.07) is -1.49. The summed E-state index contributed by atoms with van der Waals surface area (Å²) in [6.07, 6.45) is 3.03. The van der Waals surface area contributed by atoms with Gasteiger partial charge in [0.15, 0.2) is 0 Å². The van der Waals surface area contributed by atoms with Crippen LogP contribution >= 0.6 is 0 Å². The van der Waals surface area contributed by atoms with Crippen molar-refractivity contribution in [1.82, 2.24) is 5.32 Å². The Morgan fingerprint density at radius 3 is 2.11 bits per heavy atom. The number of alkyl halides is 2. The standard InChI is InChI=1S/C13H21F2NO3/c14-11(15)8-10(13(18)19)16-12(17)9-6-4-2-1-3-5-7-9/h9-11H,1-8H2,(H,16,17)(H,18,19). The molecular formula is C13H21F2NO3. The SMILES string of the molecule is O=C(NC(CC(F)F)C(=O)O)C1CCCCCCC1. The van der Waals surface area contributed by atoms with Crippen molar-refractivity contribution in [2.24, 2.45) is 5.92 Å². The van der Waals surface area contributed by atoms with E-state index in [2.05, 4.69) is 5.32 Å². The van der Waals surface area contributed by atoms with Crippen molar-refractivity contribution in [3.05, 3.63) is 0 Å². The first-order valence-electron chi connectivity index (χ1n) is 6.82. The van der Waals surface area contributed by atoms with Gasteiger partial charge in [0.2, 0.25) is 12.3 Å². The number of carboxylic acids is 1. The Kier molecular flexibility index (Phi) is 6.73. The van der Waals surface area contributed by atoms with Crippen LogP contribution in [0.25, 0.3) is 0 Å². The normalized spacial score (nSPS) is 19.5. The zero-order valence-corrected chi connectivity index (χ0v) is 10.9. The van der Waals surface area contributed by atoms with Gasteiger partial charge in [0.25, 0.3) is 0 Å². The maximum Gasteiger partial charge on any atom is 0.326 e. The maximum atomic E-state index is 12.2. The average Bonchev–Trinajstić information content (AvgIpc) is 2.26. The molecule has 0 aromatic heterocycles. The molecule has 2 N–H and O–H groups in total. The predicted octanol–water partition coefficient (Wildman–Crippen LogP) is 2.57. The highest BCUT2D eigenvalue weighted by Gasteiger charge is 2.27. The number of hydrogen-bond donors (Lipinski definition) is 2. The molecule has 4 nitrogen and oxygen atoms in total. The number of rotatable bonds is 5. The van der Waals surface area contributed by atoms with Crippen LogP contribution in [0, 0.1) is 5.92 Å². The third-order valence-corrected chi connectivity index (χ3v) is 3.50. The first kappa shape index (κ1) is 15.9. The number of carbonyl (C=O) groups is 2. The summed E-state index contributed by atoms with van der Waals surface area (Å²) >= 11 is 0. The maximum absolute atomic E-state index is 12.2. The number of carboxylic acid groups (broad SMARTS) is 1. The van der Waals surface area contributed by atoms with E-state index < -0.39 is 30.8 Å². The molecule has 1 saturated carbocycles. The molecule has 110 valence electrons. The molecule has 0 radical (unpaired) electrons. The van der Waals surface area contributed by atoms with Crippen LogP contribution in [-0.4, -0.2) is 29.5 Å². The number of amides is 1. The molecule has 0 bridgehead atoms. The minimum atomic E-state index is -2.74. The Hall–Kier alpha value is -1.20. The number of halogens is 2. The zero-order valence-electron chi connectivity index (χ0n) is 10.9. The van der Waals surface area contributed by atoms with E-state index in [0.717, 1.165) is 32.1 Å². The van der Waals surface area contributed by atoms with Crippen molar-refractivity contribution in [3.8, 4) is 0 Å². The molecular weight excluding hydrogens is 256 g/mol. The third-order valence-electron chi connectivity index (χ3n) is 3.50. The molecule has 0 spiro atoms. The Labute approximate surface area is 111 Å². The van der Waals surface area contributed by atoms with E-state index in [1.54, 1.807) is 0 Å². The molecule has 6 heteroatoms. The fourth-order valence-electron chi connectivity index (χ4n) is 2.41. The lowest BCUT2D eigenvalue weighted by Gasteiger charge is -2.21. The average molecular weight is 277 g/mol. The van der Waals surface area contributed by atoms with Gasteiger partial charge in [0.05, 0.1) is 0 Å². The van der Waals surface area contributed by atoms with Gasteiger partial charge >= 0.3 is 5.97 Å². The van der Waals surface area contributed by atoms with Crippen LogP contribution in [0.5, 0.6) is 0 Å². The Bertz CT molecular complexity index is 302. The van der Waals surface area contributed by atoms with E-state index in [1.807, 2.05) is 0 Å². The smallest absolute Gasteiger partial charge is 0.326 e. The molecule has 0 saturated heterocycles. The highest BCUT2D eigenvalue weighted by Crippen LogP contribution is 2.22. The lowest BCUT2D eigenvalue weighted by molar-refractivity contribution is -0.143. The van der Waals surface area contributed by atoms with Crippen LogP contribution in [0.1, 0.15) is 51.4 Å². The minimum Gasteiger partial charge on any atom is -0.480 e. The van der Waals surface area contributed by atoms with Gasteiger partial charge in [0.1, 0.15) is 6.04 Å². The molecule has 1 rings (SSSR count). The predicted molar refractivity (Wildman–Crippen MR) is 66.0 cm³/mol. The van der Waals surface area contributed by atoms with Crippen LogP contribution in [-0.2, 0) is 9.59 Å². The molecule has 1 fully saturated rings. The number of aliphatic carboxylic acids is 1. The van der Waals surface area contributed by atoms with E-state index >= 15 is 0 Å². The number of carbonyl (C=O) groups excluding carboxylic acids is 1. The molecule has 1 aliphatic rings. The second kappa shape index (κ2) is 8.07. The molecule has 0 aromatic carbocycles. The lowest BCUT2D eigenvalue weighted by Crippen LogP contribution is -2.44. The van der Waals surface area contributed by atoms with Gasteiger partial charge in [-0.25, -0.2) is 13.6 Å². The van der Waals surface area contributed by atoms with Gasteiger partial charge in [-0.15, -0.1) is 0 Å². The zero-order chi connectivity index (χ0) is 14.3. The van der Waals surface area contributed by atoms with Crippen LogP contribution in [0.15, 0.2) is 0 Å². The molecule has 1 atom stereocenters. The fourth-order valence-corrected chi connectivity index (χ4v) is 2.41. The first-order valence-corrected chi connectivity index (χ1v) is 6.82. The molecule has 1 unspecified atom stereocenters. The largest absolute Gasteiger partial charge is 0.480 e. The van der Waals surface area contributed by atoms with Crippen molar-refractivity contribution in [2.45, 2.75) is 63.8 Å². The molecule has 0 heterocycles. The molecule has 1 aliphatic carbocycles. The highest BCUT2D eigenvalue weighted by molar-refractivity contribution is 5.84. The van der Waals surface area contributed by atoms with Gasteiger partial charge in [0, 0.05) is 12.3 Å². The second-order valence-electron chi connectivity index (χ2n) is 5.07. The minimum absolute atomic E-state index is 0.236. The summed E-state index contributed by atoms with van der Waals surface area (Å²) in [6.45, 7) is 0. The van der Waals surface area contributed by atoms with Crippen molar-refractivity contribution in [1.29, 1.82) is 0 Å². The monoisotopic (exact) mass is 277 g/mol. The van der Waals surface area contributed by atoms with E-state index in [0.29, 0.717) is 12.8 Å². The van der Waals surface area contributed by atoms with Crippen molar-refractivity contribution in [2.75, 3.05) is 0 Å². The topological polar surface area (TPSA) is 66.4 Å². The van der Waals surface area contributed by atoms with Gasteiger partial charge in [-0.05, 0) is 12.8 Å². The van der Waals surface area contributed by atoms with Crippen molar-refractivity contribution < 1.29 is 23.5 Å².